The van der Waals surface area contributed by atoms with Crippen LogP contribution in [0, 0.1) is 0 Å². The van der Waals surface area contributed by atoms with Gasteiger partial charge in [-0.25, -0.2) is 12.7 Å². The third-order valence-corrected chi connectivity index (χ3v) is 4.42. The molecule has 1 N–H and O–H groups in total. The van der Waals surface area contributed by atoms with Crippen molar-refractivity contribution in [3.63, 3.8) is 0 Å². The second kappa shape index (κ2) is 6.74. The van der Waals surface area contributed by atoms with Crippen LogP contribution in [0.5, 0.6) is 0 Å². The minimum atomic E-state index is -3.21. The van der Waals surface area contributed by atoms with Gasteiger partial charge in [0.1, 0.15) is 0 Å². The number of aliphatic hydroxyl groups excluding tert-OH is 1. The van der Waals surface area contributed by atoms with Crippen molar-refractivity contribution in [2.45, 2.75) is 19.4 Å². The average Bonchev–Trinajstić information content (AvgIpc) is 2.30. The first-order valence-corrected chi connectivity index (χ1v) is 7.26. The van der Waals surface area contributed by atoms with Gasteiger partial charge in [0.15, 0.2) is 0 Å². The van der Waals surface area contributed by atoms with E-state index in [1.54, 1.807) is 7.05 Å². The van der Waals surface area contributed by atoms with Gasteiger partial charge in [0.05, 0.1) is 5.75 Å². The largest absolute Gasteiger partial charge is 0.396 e. The minimum absolute atomic E-state index is 0.0396. The lowest BCUT2D eigenvalue weighted by Gasteiger charge is -2.17. The molecule has 0 spiro atoms. The Kier molecular flexibility index (Phi) is 5.61. The van der Waals surface area contributed by atoms with Crippen LogP contribution in [0.3, 0.4) is 0 Å². The summed E-state index contributed by atoms with van der Waals surface area (Å²) in [6, 6.07) is 9.49. The van der Waals surface area contributed by atoms with E-state index < -0.39 is 10.0 Å². The molecule has 0 aliphatic heterocycles. The third kappa shape index (κ3) is 4.85. The van der Waals surface area contributed by atoms with Crippen LogP contribution in [0.2, 0.25) is 0 Å². The normalized spacial score (nSPS) is 11.9. The fourth-order valence-electron chi connectivity index (χ4n) is 1.49. The molecule has 17 heavy (non-hydrogen) atoms. The van der Waals surface area contributed by atoms with Crippen LogP contribution in [-0.4, -0.2) is 37.2 Å². The van der Waals surface area contributed by atoms with Gasteiger partial charge in [0.2, 0.25) is 10.0 Å². The molecule has 5 heteroatoms. The second-order valence-electron chi connectivity index (χ2n) is 3.99. The van der Waals surface area contributed by atoms with Crippen molar-refractivity contribution in [3.05, 3.63) is 35.9 Å². The number of hydrogen-bond donors (Lipinski definition) is 1. The Morgan fingerprint density at radius 2 is 1.82 bits per heavy atom. The van der Waals surface area contributed by atoms with E-state index in [0.29, 0.717) is 19.4 Å². The van der Waals surface area contributed by atoms with Crippen LogP contribution in [0.1, 0.15) is 18.4 Å². The van der Waals surface area contributed by atoms with Crippen LogP contribution in [0.15, 0.2) is 30.3 Å². The molecular formula is C12H19NO3S. The monoisotopic (exact) mass is 257 g/mol. The zero-order chi connectivity index (χ0) is 12.7. The van der Waals surface area contributed by atoms with Crippen LogP contribution in [-0.2, 0) is 16.6 Å². The number of aliphatic hydroxyl groups is 1. The zero-order valence-corrected chi connectivity index (χ0v) is 10.9. The fraction of sp³-hybridized carbons (Fsp3) is 0.500. The molecule has 0 atom stereocenters. The Morgan fingerprint density at radius 1 is 1.18 bits per heavy atom. The molecule has 0 unspecified atom stereocenters. The molecule has 96 valence electrons. The summed E-state index contributed by atoms with van der Waals surface area (Å²) in [5.41, 5.74) is 0.973. The van der Waals surface area contributed by atoms with Crippen molar-refractivity contribution >= 4 is 10.0 Å². The highest BCUT2D eigenvalue weighted by Gasteiger charge is 2.17. The Morgan fingerprint density at radius 3 is 2.41 bits per heavy atom. The van der Waals surface area contributed by atoms with E-state index in [9.17, 15) is 8.42 Å². The quantitative estimate of drug-likeness (QED) is 0.747. The lowest BCUT2D eigenvalue weighted by molar-refractivity contribution is 0.287. The van der Waals surface area contributed by atoms with Crippen LogP contribution < -0.4 is 0 Å². The first-order chi connectivity index (χ1) is 8.06. The van der Waals surface area contributed by atoms with Crippen molar-refractivity contribution in [1.29, 1.82) is 0 Å². The number of hydrogen-bond acceptors (Lipinski definition) is 3. The number of benzene rings is 1. The molecule has 0 radical (unpaired) electrons. The SMILES string of the molecule is CN(Cc1ccccc1)S(=O)(=O)CCCCO. The van der Waals surface area contributed by atoms with E-state index in [-0.39, 0.29) is 12.4 Å². The molecule has 4 nitrogen and oxygen atoms in total. The van der Waals surface area contributed by atoms with Gasteiger partial charge in [-0.1, -0.05) is 30.3 Å². The highest BCUT2D eigenvalue weighted by atomic mass is 32.2. The number of rotatable bonds is 7. The van der Waals surface area contributed by atoms with Crippen LogP contribution >= 0.6 is 0 Å². The van der Waals surface area contributed by atoms with Gasteiger partial charge in [-0.3, -0.25) is 0 Å². The van der Waals surface area contributed by atoms with E-state index in [1.165, 1.54) is 4.31 Å². The zero-order valence-electron chi connectivity index (χ0n) is 10.0. The van der Waals surface area contributed by atoms with Crippen molar-refractivity contribution in [3.8, 4) is 0 Å². The van der Waals surface area contributed by atoms with E-state index in [0.717, 1.165) is 5.56 Å². The molecule has 1 aromatic rings. The van der Waals surface area contributed by atoms with Crippen LogP contribution in [0.25, 0.3) is 0 Å². The molecule has 0 saturated carbocycles. The van der Waals surface area contributed by atoms with Crippen molar-refractivity contribution < 1.29 is 13.5 Å². The van der Waals surface area contributed by atoms with Crippen molar-refractivity contribution in [2.24, 2.45) is 0 Å². The summed E-state index contributed by atoms with van der Waals surface area (Å²) >= 11 is 0. The fourth-order valence-corrected chi connectivity index (χ4v) is 2.72. The Balaban J connectivity index is 2.54. The van der Waals surface area contributed by atoms with E-state index in [1.807, 2.05) is 30.3 Å². The molecule has 0 saturated heterocycles. The van der Waals surface area contributed by atoms with Crippen molar-refractivity contribution in [1.82, 2.24) is 4.31 Å². The number of sulfonamides is 1. The summed E-state index contributed by atoms with van der Waals surface area (Å²) in [7, 11) is -1.62. The lowest BCUT2D eigenvalue weighted by Crippen LogP contribution is -2.28. The number of nitrogens with zero attached hydrogens (tertiary/aromatic N) is 1. The highest BCUT2D eigenvalue weighted by molar-refractivity contribution is 7.89. The van der Waals surface area contributed by atoms with Crippen LogP contribution in [0.4, 0.5) is 0 Å². The van der Waals surface area contributed by atoms with Gasteiger partial charge in [0, 0.05) is 20.2 Å². The smallest absolute Gasteiger partial charge is 0.214 e. The van der Waals surface area contributed by atoms with Gasteiger partial charge < -0.3 is 5.11 Å². The summed E-state index contributed by atoms with van der Waals surface area (Å²) in [6.07, 6.45) is 1.02. The summed E-state index contributed by atoms with van der Waals surface area (Å²) in [4.78, 5) is 0. The molecule has 0 aliphatic rings. The van der Waals surface area contributed by atoms with E-state index in [2.05, 4.69) is 0 Å². The van der Waals surface area contributed by atoms with Gasteiger partial charge >= 0.3 is 0 Å². The first-order valence-electron chi connectivity index (χ1n) is 5.65. The molecule has 0 aliphatic carbocycles. The maximum absolute atomic E-state index is 11.9. The highest BCUT2D eigenvalue weighted by Crippen LogP contribution is 2.08. The molecule has 0 heterocycles. The molecule has 0 amide bonds. The average molecular weight is 257 g/mol. The molecule has 0 aromatic heterocycles. The summed E-state index contributed by atoms with van der Waals surface area (Å²) in [5.74, 6) is 0.0941. The van der Waals surface area contributed by atoms with Gasteiger partial charge in [-0.2, -0.15) is 0 Å². The topological polar surface area (TPSA) is 57.6 Å². The van der Waals surface area contributed by atoms with Gasteiger partial charge in [-0.05, 0) is 18.4 Å². The Labute approximate surface area is 103 Å². The standard InChI is InChI=1S/C12H19NO3S/c1-13(11-12-7-3-2-4-8-12)17(15,16)10-6-5-9-14/h2-4,7-8,14H,5-6,9-11H2,1H3. The van der Waals surface area contributed by atoms with Gasteiger partial charge in [-0.15, -0.1) is 0 Å². The maximum Gasteiger partial charge on any atom is 0.214 e. The maximum atomic E-state index is 11.9. The summed E-state index contributed by atoms with van der Waals surface area (Å²) < 4.78 is 25.1. The molecule has 1 aromatic carbocycles. The third-order valence-electron chi connectivity index (χ3n) is 2.53. The first kappa shape index (κ1) is 14.2. The minimum Gasteiger partial charge on any atom is -0.396 e. The van der Waals surface area contributed by atoms with Gasteiger partial charge in [0.25, 0.3) is 0 Å². The second-order valence-corrected chi connectivity index (χ2v) is 6.18. The Bertz CT molecular complexity index is 417. The van der Waals surface area contributed by atoms with Crippen molar-refractivity contribution in [2.75, 3.05) is 19.4 Å². The molecule has 0 fully saturated rings. The van der Waals surface area contributed by atoms with E-state index in [4.69, 9.17) is 5.11 Å². The Hall–Kier alpha value is -0.910. The lowest BCUT2D eigenvalue weighted by atomic mass is 10.2. The number of unbranched alkanes of at least 4 members (excludes halogenated alkanes) is 1. The van der Waals surface area contributed by atoms with E-state index >= 15 is 0 Å². The predicted octanol–water partition coefficient (Wildman–Crippen LogP) is 1.22. The summed E-state index contributed by atoms with van der Waals surface area (Å²) in [5, 5.41) is 8.63. The molecule has 0 bridgehead atoms. The predicted molar refractivity (Wildman–Crippen MR) is 68.0 cm³/mol. The summed E-state index contributed by atoms with van der Waals surface area (Å²) in [6.45, 7) is 0.431. The molecule has 1 rings (SSSR count). The molecular weight excluding hydrogens is 238 g/mol.